The molecule has 0 aliphatic heterocycles. The molecule has 33 heavy (non-hydrogen) atoms. The van der Waals surface area contributed by atoms with Gasteiger partial charge in [0.05, 0.1) is 0 Å². The summed E-state index contributed by atoms with van der Waals surface area (Å²) in [6, 6.07) is 13.0. The topological polar surface area (TPSA) is 87.7 Å². The monoisotopic (exact) mass is 471 g/mol. The second-order valence-corrected chi connectivity index (χ2v) is 9.32. The maximum atomic E-state index is 13.4. The van der Waals surface area contributed by atoms with Gasteiger partial charge in [0.1, 0.15) is 17.7 Å². The van der Waals surface area contributed by atoms with Gasteiger partial charge in [-0.3, -0.25) is 9.59 Å². The van der Waals surface area contributed by atoms with Gasteiger partial charge in [-0.2, -0.15) is 12.6 Å². The summed E-state index contributed by atoms with van der Waals surface area (Å²) < 4.78 is 5.27. The van der Waals surface area contributed by atoms with E-state index in [-0.39, 0.29) is 11.7 Å². The van der Waals surface area contributed by atoms with Crippen molar-refractivity contribution in [3.8, 4) is 0 Å². The van der Waals surface area contributed by atoms with Gasteiger partial charge in [0.15, 0.2) is 0 Å². The first-order valence-corrected chi connectivity index (χ1v) is 11.4. The number of para-hydroxylation sites is 1. The Balaban J connectivity index is 2.33. The summed E-state index contributed by atoms with van der Waals surface area (Å²) in [4.78, 5) is 40.3. The second kappa shape index (κ2) is 11.2. The van der Waals surface area contributed by atoms with Crippen LogP contribution in [0.25, 0.3) is 0 Å². The lowest BCUT2D eigenvalue weighted by Gasteiger charge is -2.31. The summed E-state index contributed by atoms with van der Waals surface area (Å²) in [5.74, 6) is -0.772. The SMILES string of the molecule is Cc1cccc(C(C(=O)Nc2ccccc2C)N(C)C(=O)C(CS)NC(=O)OC(C)(C)C)c1. The van der Waals surface area contributed by atoms with Crippen LogP contribution in [0.3, 0.4) is 0 Å². The number of hydrogen-bond donors (Lipinski definition) is 3. The molecule has 0 saturated heterocycles. The summed E-state index contributed by atoms with van der Waals surface area (Å²) in [5.41, 5.74) is 2.48. The first kappa shape index (κ1) is 26.3. The molecule has 2 atom stereocenters. The van der Waals surface area contributed by atoms with Gasteiger partial charge < -0.3 is 20.3 Å². The molecule has 0 radical (unpaired) electrons. The van der Waals surface area contributed by atoms with Crippen molar-refractivity contribution >= 4 is 36.2 Å². The Bertz CT molecular complexity index is 1000. The largest absolute Gasteiger partial charge is 0.444 e. The third-order valence-corrected chi connectivity index (χ3v) is 5.28. The number of rotatable bonds is 7. The number of anilines is 1. The predicted molar refractivity (Wildman–Crippen MR) is 134 cm³/mol. The predicted octanol–water partition coefficient (Wildman–Crippen LogP) is 4.26. The molecule has 8 heteroatoms. The Morgan fingerprint density at radius 3 is 2.30 bits per heavy atom. The van der Waals surface area contributed by atoms with Crippen LogP contribution in [0.2, 0.25) is 0 Å². The molecule has 3 amide bonds. The quantitative estimate of drug-likeness (QED) is 0.527. The summed E-state index contributed by atoms with van der Waals surface area (Å²) in [7, 11) is 1.54. The number of nitrogens with zero attached hydrogens (tertiary/aromatic N) is 1. The maximum Gasteiger partial charge on any atom is 0.408 e. The molecule has 0 aliphatic carbocycles. The lowest BCUT2D eigenvalue weighted by molar-refractivity contribution is -0.138. The molecule has 2 rings (SSSR count). The van der Waals surface area contributed by atoms with Crippen LogP contribution in [0.1, 0.15) is 43.5 Å². The van der Waals surface area contributed by atoms with Gasteiger partial charge in [-0.25, -0.2) is 4.79 Å². The smallest absolute Gasteiger partial charge is 0.408 e. The van der Waals surface area contributed by atoms with Crippen LogP contribution < -0.4 is 10.6 Å². The van der Waals surface area contributed by atoms with E-state index in [1.165, 1.54) is 4.90 Å². The average molecular weight is 472 g/mol. The Morgan fingerprint density at radius 2 is 1.73 bits per heavy atom. The van der Waals surface area contributed by atoms with Gasteiger partial charge in [-0.15, -0.1) is 0 Å². The molecular weight excluding hydrogens is 438 g/mol. The van der Waals surface area contributed by atoms with Crippen LogP contribution in [0.4, 0.5) is 10.5 Å². The molecule has 0 fully saturated rings. The summed E-state index contributed by atoms with van der Waals surface area (Å²) in [6.07, 6.45) is -0.722. The normalized spacial score (nSPS) is 12.9. The number of nitrogens with one attached hydrogen (secondary N) is 2. The molecule has 0 spiro atoms. The number of carbonyl (C=O) groups excluding carboxylic acids is 3. The molecule has 0 aliphatic rings. The van der Waals surface area contributed by atoms with Crippen molar-refractivity contribution in [2.24, 2.45) is 0 Å². The molecule has 178 valence electrons. The molecule has 2 unspecified atom stereocenters. The highest BCUT2D eigenvalue weighted by Gasteiger charge is 2.33. The zero-order chi connectivity index (χ0) is 24.8. The van der Waals surface area contributed by atoms with Crippen LogP contribution in [-0.2, 0) is 14.3 Å². The summed E-state index contributed by atoms with van der Waals surface area (Å²) in [5, 5.41) is 5.49. The zero-order valence-corrected chi connectivity index (χ0v) is 20.9. The Kier molecular flexibility index (Phi) is 8.93. The standard InChI is InChI=1S/C25H33N3O4S/c1-16-10-9-12-18(14-16)21(22(29)26-19-13-8-7-11-17(19)2)28(6)23(30)20(15-33)27-24(31)32-25(3,4)5/h7-14,20-21,33H,15H2,1-6H3,(H,26,29)(H,27,31). The minimum Gasteiger partial charge on any atom is -0.444 e. The van der Waals surface area contributed by atoms with Crippen molar-refractivity contribution in [2.75, 3.05) is 18.1 Å². The van der Waals surface area contributed by atoms with Gasteiger partial charge in [0.25, 0.3) is 5.91 Å². The van der Waals surface area contributed by atoms with Crippen LogP contribution in [0, 0.1) is 13.8 Å². The van der Waals surface area contributed by atoms with Gasteiger partial charge in [0.2, 0.25) is 5.91 Å². The lowest BCUT2D eigenvalue weighted by atomic mass is 10.0. The zero-order valence-electron chi connectivity index (χ0n) is 20.0. The van der Waals surface area contributed by atoms with E-state index in [1.54, 1.807) is 33.9 Å². The number of carbonyl (C=O) groups is 3. The second-order valence-electron chi connectivity index (χ2n) is 8.95. The number of benzene rings is 2. The first-order chi connectivity index (χ1) is 15.4. The summed E-state index contributed by atoms with van der Waals surface area (Å²) >= 11 is 4.23. The number of thiol groups is 1. The molecule has 2 aromatic carbocycles. The number of hydrogen-bond acceptors (Lipinski definition) is 5. The Hall–Kier alpha value is -3.00. The van der Waals surface area contributed by atoms with Gasteiger partial charge >= 0.3 is 6.09 Å². The van der Waals surface area contributed by atoms with Gasteiger partial charge in [0, 0.05) is 18.5 Å². The van der Waals surface area contributed by atoms with Gasteiger partial charge in [-0.05, 0) is 51.8 Å². The van der Waals surface area contributed by atoms with E-state index in [9.17, 15) is 14.4 Å². The minimum atomic E-state index is -0.966. The molecule has 2 N–H and O–H groups in total. The van der Waals surface area contributed by atoms with E-state index < -0.39 is 29.7 Å². The molecule has 0 heterocycles. The molecule has 0 aromatic heterocycles. The van der Waals surface area contributed by atoms with E-state index in [1.807, 2.05) is 56.3 Å². The number of aryl methyl sites for hydroxylation is 2. The van der Waals surface area contributed by atoms with Crippen molar-refractivity contribution in [3.63, 3.8) is 0 Å². The summed E-state index contributed by atoms with van der Waals surface area (Å²) in [6.45, 7) is 9.02. The highest BCUT2D eigenvalue weighted by molar-refractivity contribution is 7.80. The van der Waals surface area contributed by atoms with E-state index in [2.05, 4.69) is 23.3 Å². The van der Waals surface area contributed by atoms with Crippen molar-refractivity contribution in [1.82, 2.24) is 10.2 Å². The minimum absolute atomic E-state index is 0.0440. The van der Waals surface area contributed by atoms with Crippen LogP contribution in [-0.4, -0.2) is 47.3 Å². The molecule has 7 nitrogen and oxygen atoms in total. The van der Waals surface area contributed by atoms with Crippen molar-refractivity contribution in [3.05, 3.63) is 65.2 Å². The van der Waals surface area contributed by atoms with Crippen LogP contribution in [0.15, 0.2) is 48.5 Å². The van der Waals surface area contributed by atoms with E-state index in [0.717, 1.165) is 11.1 Å². The molecule has 0 bridgehead atoms. The highest BCUT2D eigenvalue weighted by Crippen LogP contribution is 2.25. The fraction of sp³-hybridized carbons (Fsp3) is 0.400. The third kappa shape index (κ3) is 7.53. The molecular formula is C25H33N3O4S. The number of amides is 3. The molecule has 2 aromatic rings. The van der Waals surface area contributed by atoms with E-state index in [4.69, 9.17) is 4.74 Å². The number of alkyl carbamates (subject to hydrolysis) is 1. The number of ether oxygens (including phenoxy) is 1. The van der Waals surface area contributed by atoms with E-state index in [0.29, 0.717) is 11.3 Å². The fourth-order valence-electron chi connectivity index (χ4n) is 3.31. The third-order valence-electron chi connectivity index (χ3n) is 4.92. The van der Waals surface area contributed by atoms with Crippen molar-refractivity contribution in [1.29, 1.82) is 0 Å². The Morgan fingerprint density at radius 1 is 1.06 bits per heavy atom. The van der Waals surface area contributed by atoms with Crippen molar-refractivity contribution < 1.29 is 19.1 Å². The fourth-order valence-corrected chi connectivity index (χ4v) is 3.56. The van der Waals surface area contributed by atoms with Crippen LogP contribution in [0.5, 0.6) is 0 Å². The van der Waals surface area contributed by atoms with Crippen molar-refractivity contribution in [2.45, 2.75) is 52.3 Å². The average Bonchev–Trinajstić information content (AvgIpc) is 2.72. The van der Waals surface area contributed by atoms with Gasteiger partial charge in [-0.1, -0.05) is 48.0 Å². The van der Waals surface area contributed by atoms with E-state index >= 15 is 0 Å². The maximum absolute atomic E-state index is 13.4. The Labute approximate surface area is 201 Å². The number of likely N-dealkylation sites (N-methyl/N-ethyl adjacent to an activating group) is 1. The first-order valence-electron chi connectivity index (χ1n) is 10.7. The highest BCUT2D eigenvalue weighted by atomic mass is 32.1. The van der Waals surface area contributed by atoms with Crippen LogP contribution >= 0.6 is 12.6 Å². The molecule has 0 saturated carbocycles. The lowest BCUT2D eigenvalue weighted by Crippen LogP contribution is -2.52.